The Hall–Kier alpha value is -1.98. The maximum absolute atomic E-state index is 13.9. The van der Waals surface area contributed by atoms with Crippen LogP contribution in [0.3, 0.4) is 0 Å². The Morgan fingerprint density at radius 3 is 1.11 bits per heavy atom. The molecule has 15 N–H and O–H groups in total. The summed E-state index contributed by atoms with van der Waals surface area (Å²) >= 11 is 0. The van der Waals surface area contributed by atoms with Crippen LogP contribution in [0.25, 0.3) is 0 Å². The third-order valence-electron chi connectivity index (χ3n) is 17.9. The second-order valence-corrected chi connectivity index (χ2v) is 40.6. The molecular formula is C71H140N3O33P3. The van der Waals surface area contributed by atoms with Crippen LogP contribution in [0.4, 0.5) is 0 Å². The molecule has 2 heterocycles. The number of phosphoric ester groups is 3. The van der Waals surface area contributed by atoms with Crippen molar-refractivity contribution in [2.24, 2.45) is 27.6 Å². The second-order valence-electron chi connectivity index (χ2n) is 36.5. The number of aliphatic hydroxyl groups excluding tert-OH is 9. The number of rotatable bonds is 52. The highest BCUT2D eigenvalue weighted by Crippen LogP contribution is 2.53. The molecule has 2 rings (SSSR count). The van der Waals surface area contributed by atoms with Crippen LogP contribution in [0.15, 0.2) is 0 Å². The van der Waals surface area contributed by atoms with E-state index in [2.05, 4.69) is 16.0 Å². The standard InChI is InChI=1S/C71H140N3O33P3/c1-43(2)71(40-93-38-69(23,24)106-109(89,90)97-36-61(7,8)31-65(15,16)102-58(48(27-75)72-45(4)80)99-49(28-76)44(3)79,41-94-39-70(25,26)107-110(91,92)98-37-63(11,12)33-67(19,20)104-60-53(74-47(6)82)57(86)55(84)51(30-78)101-60)42-95-64(13,14)34-68(21,22)105-108(87,88)96-35-62(9,10)32-66(17,18)103-59-52(73-46(5)81)56(85)54(83)50(29-77)100-59/h43-44,48-60,75-79,83-86H,27-42H2,1-26H3,(H,72,80)(H,73,81)(H,74,82)(H,87,88)(H,89,90)(H,91,92)/t44-,48+,49?,50?,51?,52?,53?,54?,55?,56?,57?,58?,59?,60?,71?/m1/s1. The van der Waals surface area contributed by atoms with Gasteiger partial charge in [0.25, 0.3) is 0 Å². The highest BCUT2D eigenvalue weighted by Gasteiger charge is 2.52. The summed E-state index contributed by atoms with van der Waals surface area (Å²) in [6.07, 6.45) is -14.7. The molecule has 39 heteroatoms. The van der Waals surface area contributed by atoms with E-state index in [0.717, 1.165) is 0 Å². The monoisotopic (exact) mass is 1660 g/mol. The van der Waals surface area contributed by atoms with Crippen LogP contribution in [-0.2, 0) is 97.9 Å². The van der Waals surface area contributed by atoms with Crippen LogP contribution in [0.2, 0.25) is 0 Å². The molecule has 18 atom stereocenters. The summed E-state index contributed by atoms with van der Waals surface area (Å²) in [5, 5.41) is 101. The van der Waals surface area contributed by atoms with Gasteiger partial charge in [0.05, 0.1) is 125 Å². The van der Waals surface area contributed by atoms with Crippen molar-refractivity contribution in [2.45, 2.75) is 331 Å². The van der Waals surface area contributed by atoms with E-state index in [1.165, 1.54) is 55.4 Å². The lowest BCUT2D eigenvalue weighted by Crippen LogP contribution is -2.65. The molecule has 652 valence electrons. The van der Waals surface area contributed by atoms with E-state index in [9.17, 15) is 88.7 Å². The molecule has 0 aliphatic carbocycles. The van der Waals surface area contributed by atoms with E-state index in [0.29, 0.717) is 0 Å². The van der Waals surface area contributed by atoms with Gasteiger partial charge in [-0.2, -0.15) is 0 Å². The van der Waals surface area contributed by atoms with Gasteiger partial charge in [-0.3, -0.25) is 41.5 Å². The van der Waals surface area contributed by atoms with Crippen molar-refractivity contribution in [3.8, 4) is 0 Å². The summed E-state index contributed by atoms with van der Waals surface area (Å²) in [5.41, 5.74) is -13.1. The molecule has 110 heavy (non-hydrogen) atoms. The normalized spacial score (nSPS) is 25.3. The Bertz CT molecular complexity index is 2990. The fourth-order valence-corrected chi connectivity index (χ4v) is 17.6. The first-order valence-electron chi connectivity index (χ1n) is 37.0. The van der Waals surface area contributed by atoms with Gasteiger partial charge in [-0.25, -0.2) is 13.7 Å². The van der Waals surface area contributed by atoms with Crippen molar-refractivity contribution in [3.63, 3.8) is 0 Å². The Kier molecular flexibility index (Phi) is 39.4. The van der Waals surface area contributed by atoms with Crippen LogP contribution in [0, 0.1) is 27.6 Å². The van der Waals surface area contributed by atoms with Gasteiger partial charge in [-0.1, -0.05) is 55.4 Å². The van der Waals surface area contributed by atoms with Crippen LogP contribution in [0.5, 0.6) is 0 Å². The van der Waals surface area contributed by atoms with Gasteiger partial charge in [0, 0.05) is 32.6 Å². The van der Waals surface area contributed by atoms with E-state index in [-0.39, 0.29) is 84.5 Å². The third-order valence-corrected chi connectivity index (χ3v) is 21.4. The van der Waals surface area contributed by atoms with Gasteiger partial charge in [0.2, 0.25) is 17.7 Å². The van der Waals surface area contributed by atoms with Crippen molar-refractivity contribution < 1.29 is 158 Å². The van der Waals surface area contributed by atoms with E-state index >= 15 is 0 Å². The van der Waals surface area contributed by atoms with Crippen LogP contribution in [0.1, 0.15) is 206 Å². The topological polar surface area (TPSA) is 520 Å². The minimum absolute atomic E-state index is 0.0385. The fourth-order valence-electron chi connectivity index (χ4n) is 13.9. The summed E-state index contributed by atoms with van der Waals surface area (Å²) in [5.74, 6) is -2.00. The Morgan fingerprint density at radius 1 is 0.445 bits per heavy atom. The summed E-state index contributed by atoms with van der Waals surface area (Å²) in [4.78, 5) is 70.2. The molecule has 2 saturated heterocycles. The molecule has 0 aromatic rings. The van der Waals surface area contributed by atoms with Crippen molar-refractivity contribution in [3.05, 3.63) is 0 Å². The molecule has 0 aromatic carbocycles. The van der Waals surface area contributed by atoms with Crippen LogP contribution in [-0.4, -0.2) is 283 Å². The lowest BCUT2D eigenvalue weighted by Gasteiger charge is -2.46. The largest absolute Gasteiger partial charge is 0.472 e. The smallest absolute Gasteiger partial charge is 0.394 e. The zero-order chi connectivity index (χ0) is 85.4. The molecule has 3 amide bonds. The number of amides is 3. The first-order valence-corrected chi connectivity index (χ1v) is 41.5. The molecule has 0 aromatic heterocycles. The van der Waals surface area contributed by atoms with Crippen LogP contribution < -0.4 is 16.0 Å². The molecule has 36 nitrogen and oxygen atoms in total. The van der Waals surface area contributed by atoms with Crippen LogP contribution >= 0.6 is 23.5 Å². The number of ether oxygens (including phenoxy) is 9. The molecule has 0 saturated carbocycles. The SMILES string of the molecule is CC(=O)NC1C(OC(C)(C)CC(C)(C)COP(=O)(O)OC(C)(C)COCC(COCC(C)(C)OP(=O)(O)OCC(C)(C)CC(C)(C)OC(OC(CO)[C@@H](C)O)[C@H](CO)NC(C)=O)(COC(C)(C)CC(C)(C)OP(=O)(O)OCC(C)(C)CC(C)(C)OC2OC(CO)C(O)C(O)C2NC(C)=O)C(C)C)OC(CO)C(O)C1O. The maximum atomic E-state index is 13.9. The molecule has 2 aliphatic heterocycles. The Morgan fingerprint density at radius 2 is 0.800 bits per heavy atom. The summed E-state index contributed by atoms with van der Waals surface area (Å²) in [6.45, 7) is 36.9. The summed E-state index contributed by atoms with van der Waals surface area (Å²) < 4.78 is 132. The fraction of sp³-hybridized carbons (Fsp3) is 0.958. The quantitative estimate of drug-likeness (QED) is 0.0290. The lowest BCUT2D eigenvalue weighted by atomic mass is 9.78. The van der Waals surface area contributed by atoms with Gasteiger partial charge >= 0.3 is 23.5 Å². The highest BCUT2D eigenvalue weighted by atomic mass is 31.2. The predicted octanol–water partition coefficient (Wildman–Crippen LogP) is 4.69. The van der Waals surface area contributed by atoms with Crippen molar-refractivity contribution >= 4 is 41.2 Å². The van der Waals surface area contributed by atoms with E-state index in [1.807, 2.05) is 13.8 Å². The second kappa shape index (κ2) is 41.6. The molecule has 2 fully saturated rings. The number of carbonyl (C=O) groups excluding carboxylic acids is 3. The predicted molar refractivity (Wildman–Crippen MR) is 400 cm³/mol. The number of nitrogens with one attached hydrogen (secondary N) is 3. The number of carbonyl (C=O) groups is 3. The Labute approximate surface area is 650 Å². The third kappa shape index (κ3) is 37.3. The average molecular weight is 1660 g/mol. The van der Waals surface area contributed by atoms with E-state index < -0.39 is 214 Å². The van der Waals surface area contributed by atoms with Gasteiger partial charge in [0.15, 0.2) is 18.9 Å². The van der Waals surface area contributed by atoms with Gasteiger partial charge < -0.3 is 119 Å². The lowest BCUT2D eigenvalue weighted by molar-refractivity contribution is -0.298. The van der Waals surface area contributed by atoms with Gasteiger partial charge in [0.1, 0.15) is 60.9 Å². The maximum Gasteiger partial charge on any atom is 0.472 e. The van der Waals surface area contributed by atoms with Crippen molar-refractivity contribution in [1.29, 1.82) is 0 Å². The number of hydrogen-bond donors (Lipinski definition) is 15. The Balaban J connectivity index is 2.43. The minimum atomic E-state index is -4.92. The average Bonchev–Trinajstić information content (AvgIpc) is 0.801. The number of aliphatic hydroxyl groups is 9. The first-order chi connectivity index (χ1) is 49.5. The zero-order valence-electron chi connectivity index (χ0n) is 69.8. The first kappa shape index (κ1) is 104. The van der Waals surface area contributed by atoms with Crippen molar-refractivity contribution in [1.82, 2.24) is 16.0 Å². The molecule has 0 radical (unpaired) electrons. The van der Waals surface area contributed by atoms with Crippen molar-refractivity contribution in [2.75, 3.05) is 79.3 Å². The van der Waals surface area contributed by atoms with Gasteiger partial charge in [-0.05, 0) is 145 Å². The molecule has 2 aliphatic rings. The van der Waals surface area contributed by atoms with Gasteiger partial charge in [-0.15, -0.1) is 0 Å². The molecule has 16 unspecified atom stereocenters. The van der Waals surface area contributed by atoms with E-state index in [1.54, 1.807) is 111 Å². The number of hydrogen-bond acceptors (Lipinski definition) is 30. The molecule has 0 bridgehead atoms. The summed E-state index contributed by atoms with van der Waals surface area (Å²) in [7, 11) is -14.7. The summed E-state index contributed by atoms with van der Waals surface area (Å²) in [6, 6.07) is -3.58. The zero-order valence-corrected chi connectivity index (χ0v) is 72.4. The molecule has 0 spiro atoms. The minimum Gasteiger partial charge on any atom is -0.394 e. The van der Waals surface area contributed by atoms with E-state index in [4.69, 9.17) is 69.8 Å². The number of phosphoric acid groups is 3. The highest BCUT2D eigenvalue weighted by molar-refractivity contribution is 7.48. The molecular weight excluding hydrogens is 1520 g/mol.